The van der Waals surface area contributed by atoms with Gasteiger partial charge in [-0.25, -0.2) is 0 Å². The molecule has 2 saturated carbocycles. The molecule has 2 aliphatic heterocycles. The molecule has 4 aliphatic rings. The fraction of sp³-hybridized carbons (Fsp3) is 0.864. The fourth-order valence-electron chi connectivity index (χ4n) is 7.28. The summed E-state index contributed by atoms with van der Waals surface area (Å²) in [4.78, 5) is 11.8. The molecule has 4 heteroatoms. The van der Waals surface area contributed by atoms with E-state index in [0.717, 1.165) is 25.7 Å². The van der Waals surface area contributed by atoms with Crippen molar-refractivity contribution in [1.82, 2.24) is 0 Å². The van der Waals surface area contributed by atoms with Gasteiger partial charge in [-0.15, -0.1) is 0 Å². The highest BCUT2D eigenvalue weighted by Crippen LogP contribution is 2.68. The Bertz CT molecular complexity index is 626. The summed E-state index contributed by atoms with van der Waals surface area (Å²) in [6.45, 7) is 11.6. The normalized spacial score (nSPS) is 49.2. The lowest BCUT2D eigenvalue weighted by Gasteiger charge is -2.65. The van der Waals surface area contributed by atoms with E-state index < -0.39 is 0 Å². The van der Waals surface area contributed by atoms with Crippen LogP contribution >= 0.6 is 0 Å². The van der Waals surface area contributed by atoms with E-state index >= 15 is 0 Å². The molecule has 26 heavy (non-hydrogen) atoms. The van der Waals surface area contributed by atoms with Crippen molar-refractivity contribution in [2.45, 2.75) is 90.4 Å². The molecule has 2 heterocycles. The van der Waals surface area contributed by atoms with Crippen LogP contribution in [0.5, 0.6) is 0 Å². The van der Waals surface area contributed by atoms with E-state index in [1.54, 1.807) is 13.2 Å². The van der Waals surface area contributed by atoms with Gasteiger partial charge in [0.1, 0.15) is 18.3 Å². The monoisotopic (exact) mass is 362 g/mol. The smallest absolute Gasteiger partial charge is 0.302 e. The van der Waals surface area contributed by atoms with Crippen LogP contribution in [-0.4, -0.2) is 29.9 Å². The molecule has 0 amide bonds. The van der Waals surface area contributed by atoms with Gasteiger partial charge in [0, 0.05) is 18.3 Å². The molecule has 2 spiro atoms. The summed E-state index contributed by atoms with van der Waals surface area (Å²) in [7, 11) is 0. The second kappa shape index (κ2) is 5.73. The Morgan fingerprint density at radius 2 is 1.92 bits per heavy atom. The first-order chi connectivity index (χ1) is 12.1. The minimum atomic E-state index is -0.252. The Kier molecular flexibility index (Phi) is 4.04. The number of hydrogen-bond donors (Lipinski definition) is 0. The van der Waals surface area contributed by atoms with Gasteiger partial charge in [0.05, 0.1) is 11.9 Å². The number of esters is 1. The van der Waals surface area contributed by atoms with Crippen LogP contribution in [0.4, 0.5) is 0 Å². The number of rotatable bonds is 1. The van der Waals surface area contributed by atoms with Crippen molar-refractivity contribution in [2.75, 3.05) is 6.61 Å². The van der Waals surface area contributed by atoms with E-state index in [0.29, 0.717) is 18.4 Å². The Balaban J connectivity index is 1.77. The Hall–Kier alpha value is -1.03. The molecule has 0 unspecified atom stereocenters. The fourth-order valence-corrected chi connectivity index (χ4v) is 7.28. The van der Waals surface area contributed by atoms with Gasteiger partial charge in [-0.3, -0.25) is 4.79 Å². The Labute approximate surface area is 157 Å². The van der Waals surface area contributed by atoms with Gasteiger partial charge in [0.15, 0.2) is 0 Å². The van der Waals surface area contributed by atoms with E-state index in [4.69, 9.17) is 14.2 Å². The summed E-state index contributed by atoms with van der Waals surface area (Å²) in [6.07, 6.45) is 10.4. The standard InChI is InChI=1S/C22H34O4/c1-15-13-17(25-16(2)23)18-19(3,4)7-6-8-20(18,5)22(15)10-9-21(26-22)11-12-24-14-21/h11-12,15,17-18H,6-10,13-14H2,1-5H3/t15-,17-,18+,20+,21-,22-/m1/s1. The first-order valence-corrected chi connectivity index (χ1v) is 10.3. The zero-order chi connectivity index (χ0) is 18.8. The lowest BCUT2D eigenvalue weighted by atomic mass is 9.43. The zero-order valence-corrected chi connectivity index (χ0v) is 17.0. The van der Waals surface area contributed by atoms with Crippen molar-refractivity contribution in [1.29, 1.82) is 0 Å². The third kappa shape index (κ3) is 2.40. The van der Waals surface area contributed by atoms with Crippen LogP contribution < -0.4 is 0 Å². The van der Waals surface area contributed by atoms with Crippen LogP contribution in [0.2, 0.25) is 0 Å². The Morgan fingerprint density at radius 3 is 2.58 bits per heavy atom. The molecule has 4 rings (SSSR count). The third-order valence-electron chi connectivity index (χ3n) is 8.18. The minimum absolute atomic E-state index is 0.00641. The van der Waals surface area contributed by atoms with Crippen molar-refractivity contribution in [3.05, 3.63) is 12.3 Å². The minimum Gasteiger partial charge on any atom is -0.498 e. The summed E-state index contributed by atoms with van der Waals surface area (Å²) in [5, 5.41) is 0. The predicted octanol–water partition coefficient (Wildman–Crippen LogP) is 4.62. The van der Waals surface area contributed by atoms with Crippen LogP contribution in [0.25, 0.3) is 0 Å². The molecule has 0 aromatic rings. The van der Waals surface area contributed by atoms with E-state index in [1.807, 2.05) is 0 Å². The van der Waals surface area contributed by atoms with Crippen LogP contribution in [0.15, 0.2) is 12.3 Å². The molecule has 3 fully saturated rings. The molecule has 0 aromatic heterocycles. The van der Waals surface area contributed by atoms with Crippen LogP contribution in [0.1, 0.15) is 73.1 Å². The highest BCUT2D eigenvalue weighted by molar-refractivity contribution is 5.66. The average molecular weight is 363 g/mol. The maximum absolute atomic E-state index is 11.8. The van der Waals surface area contributed by atoms with Gasteiger partial charge in [-0.2, -0.15) is 0 Å². The summed E-state index contributed by atoms with van der Waals surface area (Å²) in [6, 6.07) is 0. The summed E-state index contributed by atoms with van der Waals surface area (Å²) < 4.78 is 18.5. The molecule has 4 nitrogen and oxygen atoms in total. The highest BCUT2D eigenvalue weighted by atomic mass is 16.6. The molecule has 0 N–H and O–H groups in total. The van der Waals surface area contributed by atoms with Gasteiger partial charge >= 0.3 is 5.97 Å². The molecule has 0 radical (unpaired) electrons. The van der Waals surface area contributed by atoms with Crippen LogP contribution in [-0.2, 0) is 19.0 Å². The summed E-state index contributed by atoms with van der Waals surface area (Å²) >= 11 is 0. The number of carbonyl (C=O) groups excluding carboxylic acids is 1. The highest BCUT2D eigenvalue weighted by Gasteiger charge is 2.69. The lowest BCUT2D eigenvalue weighted by Crippen LogP contribution is -2.67. The summed E-state index contributed by atoms with van der Waals surface area (Å²) in [5.74, 6) is 0.526. The number of fused-ring (bicyclic) bond motifs is 2. The molecule has 146 valence electrons. The van der Waals surface area contributed by atoms with Crippen molar-refractivity contribution >= 4 is 5.97 Å². The second-order valence-corrected chi connectivity index (χ2v) is 10.2. The molecule has 1 saturated heterocycles. The zero-order valence-electron chi connectivity index (χ0n) is 17.0. The molecule has 6 atom stereocenters. The second-order valence-electron chi connectivity index (χ2n) is 10.2. The van der Waals surface area contributed by atoms with Crippen LogP contribution in [0, 0.1) is 22.7 Å². The number of carbonyl (C=O) groups is 1. The Morgan fingerprint density at radius 1 is 1.15 bits per heavy atom. The first-order valence-electron chi connectivity index (χ1n) is 10.3. The lowest BCUT2D eigenvalue weighted by molar-refractivity contribution is -0.268. The summed E-state index contributed by atoms with van der Waals surface area (Å²) in [5.41, 5.74) is -0.268. The maximum Gasteiger partial charge on any atom is 0.302 e. The number of ether oxygens (including phenoxy) is 3. The third-order valence-corrected chi connectivity index (χ3v) is 8.18. The predicted molar refractivity (Wildman–Crippen MR) is 99.4 cm³/mol. The molecular formula is C22H34O4. The van der Waals surface area contributed by atoms with Crippen molar-refractivity contribution in [3.63, 3.8) is 0 Å². The van der Waals surface area contributed by atoms with E-state index in [9.17, 15) is 4.79 Å². The van der Waals surface area contributed by atoms with Gasteiger partial charge in [-0.1, -0.05) is 34.1 Å². The van der Waals surface area contributed by atoms with Crippen LogP contribution in [0.3, 0.4) is 0 Å². The van der Waals surface area contributed by atoms with Gasteiger partial charge in [0.25, 0.3) is 0 Å². The molecule has 0 bridgehead atoms. The van der Waals surface area contributed by atoms with Gasteiger partial charge in [0.2, 0.25) is 0 Å². The number of hydrogen-bond acceptors (Lipinski definition) is 4. The SMILES string of the molecule is CC(=O)O[C@@H]1C[C@@H](C)[C@]2(CC[C@]3(C=COC3)O2)[C@@]2(C)CCCC(C)(C)[C@H]12. The maximum atomic E-state index is 11.8. The van der Waals surface area contributed by atoms with E-state index in [1.165, 1.54) is 12.8 Å². The molecule has 2 aliphatic carbocycles. The molecule has 0 aromatic carbocycles. The van der Waals surface area contributed by atoms with Crippen molar-refractivity contribution in [3.8, 4) is 0 Å². The van der Waals surface area contributed by atoms with E-state index in [2.05, 4.69) is 33.8 Å². The first kappa shape index (κ1) is 18.3. The average Bonchev–Trinajstić information content (AvgIpc) is 3.13. The van der Waals surface area contributed by atoms with Gasteiger partial charge in [-0.05, 0) is 49.5 Å². The largest absolute Gasteiger partial charge is 0.498 e. The quantitative estimate of drug-likeness (QED) is 0.638. The van der Waals surface area contributed by atoms with Gasteiger partial charge < -0.3 is 14.2 Å². The van der Waals surface area contributed by atoms with Crippen molar-refractivity contribution < 1.29 is 19.0 Å². The van der Waals surface area contributed by atoms with E-state index in [-0.39, 0.29) is 34.1 Å². The molecular weight excluding hydrogens is 328 g/mol. The topological polar surface area (TPSA) is 44.8 Å². The van der Waals surface area contributed by atoms with Crippen molar-refractivity contribution in [2.24, 2.45) is 22.7 Å².